The van der Waals surface area contributed by atoms with Crippen molar-refractivity contribution in [2.75, 3.05) is 18.0 Å². The summed E-state index contributed by atoms with van der Waals surface area (Å²) in [7, 11) is 3.51. The van der Waals surface area contributed by atoms with Gasteiger partial charge >= 0.3 is 0 Å². The van der Waals surface area contributed by atoms with E-state index in [-0.39, 0.29) is 5.56 Å². The maximum absolute atomic E-state index is 12.6. The SMILES string of the molecule is CN/C=C(\C=N)c1ccc2c(=O)n(C)cc(-c3cccc(N[S+](C)[O-])c3)c2c1. The zero-order valence-electron chi connectivity index (χ0n) is 15.9. The Morgan fingerprint density at radius 3 is 2.68 bits per heavy atom. The number of hydrogen-bond acceptors (Lipinski definition) is 5. The summed E-state index contributed by atoms with van der Waals surface area (Å²) in [4.78, 5) is 12.6. The van der Waals surface area contributed by atoms with E-state index in [2.05, 4.69) is 10.0 Å². The van der Waals surface area contributed by atoms with Crippen molar-refractivity contribution in [1.82, 2.24) is 9.88 Å². The number of pyridine rings is 1. The summed E-state index contributed by atoms with van der Waals surface area (Å²) in [5.41, 5.74) is 4.01. The average molecular weight is 395 g/mol. The molecule has 7 heteroatoms. The van der Waals surface area contributed by atoms with Crippen LogP contribution in [0.1, 0.15) is 5.56 Å². The number of aryl methyl sites for hydroxylation is 1. The fourth-order valence-corrected chi connectivity index (χ4v) is 3.61. The molecule has 1 heterocycles. The van der Waals surface area contributed by atoms with Gasteiger partial charge in [-0.3, -0.25) is 4.79 Å². The maximum Gasteiger partial charge on any atom is 0.258 e. The molecule has 1 unspecified atom stereocenters. The van der Waals surface area contributed by atoms with Gasteiger partial charge < -0.3 is 19.8 Å². The van der Waals surface area contributed by atoms with E-state index in [1.807, 2.05) is 42.6 Å². The Kier molecular flexibility index (Phi) is 5.87. The standard InChI is InChI=1S/C21H22N4O2S/c1-23-12-16(11-22)14-7-8-18-19(10-14)20(13-25(2)21(18)26)15-5-4-6-17(9-15)24-28(3)27/h4-13,22-24H,1-3H3/b16-12+,22-11?. The summed E-state index contributed by atoms with van der Waals surface area (Å²) in [5, 5.41) is 12.0. The molecule has 0 spiro atoms. The molecule has 0 amide bonds. The van der Waals surface area contributed by atoms with E-state index in [9.17, 15) is 9.35 Å². The summed E-state index contributed by atoms with van der Waals surface area (Å²) in [6, 6.07) is 13.2. The van der Waals surface area contributed by atoms with Crippen molar-refractivity contribution >= 4 is 39.6 Å². The number of anilines is 1. The molecule has 2 aromatic carbocycles. The normalized spacial score (nSPS) is 12.6. The van der Waals surface area contributed by atoms with E-state index in [4.69, 9.17) is 5.41 Å². The first-order valence-corrected chi connectivity index (χ1v) is 10.2. The Bertz CT molecular complexity index is 1120. The molecule has 1 atom stereocenters. The molecule has 0 aliphatic rings. The van der Waals surface area contributed by atoms with E-state index in [1.165, 1.54) is 6.21 Å². The van der Waals surface area contributed by atoms with Crippen LogP contribution < -0.4 is 15.6 Å². The van der Waals surface area contributed by atoms with Crippen LogP contribution in [-0.2, 0) is 18.4 Å². The molecule has 1 aromatic heterocycles. The summed E-state index contributed by atoms with van der Waals surface area (Å²) < 4.78 is 16.0. The van der Waals surface area contributed by atoms with Gasteiger partial charge in [-0.2, -0.15) is 0 Å². The lowest BCUT2D eigenvalue weighted by Crippen LogP contribution is -2.16. The number of rotatable bonds is 6. The first-order chi connectivity index (χ1) is 13.4. The zero-order chi connectivity index (χ0) is 20.3. The predicted molar refractivity (Wildman–Crippen MR) is 118 cm³/mol. The fraction of sp³-hybridized carbons (Fsp3) is 0.143. The van der Waals surface area contributed by atoms with Crippen LogP contribution in [0.2, 0.25) is 0 Å². The van der Waals surface area contributed by atoms with Crippen LogP contribution in [0.25, 0.3) is 27.5 Å². The Morgan fingerprint density at radius 2 is 2.00 bits per heavy atom. The molecule has 3 N–H and O–H groups in total. The van der Waals surface area contributed by atoms with E-state index >= 15 is 0 Å². The minimum Gasteiger partial charge on any atom is -0.593 e. The van der Waals surface area contributed by atoms with E-state index in [0.717, 1.165) is 27.8 Å². The van der Waals surface area contributed by atoms with Crippen molar-refractivity contribution in [2.24, 2.45) is 7.05 Å². The second kappa shape index (κ2) is 8.33. The number of aromatic nitrogens is 1. The van der Waals surface area contributed by atoms with Gasteiger partial charge in [-0.15, -0.1) is 0 Å². The van der Waals surface area contributed by atoms with E-state index in [0.29, 0.717) is 11.0 Å². The van der Waals surface area contributed by atoms with Gasteiger partial charge in [0.15, 0.2) is 0 Å². The fourth-order valence-electron chi connectivity index (χ4n) is 3.16. The molecule has 3 aromatic rings. The molecule has 0 radical (unpaired) electrons. The third-order valence-electron chi connectivity index (χ3n) is 4.41. The monoisotopic (exact) mass is 394 g/mol. The number of benzene rings is 2. The van der Waals surface area contributed by atoms with Gasteiger partial charge in [0.1, 0.15) is 6.26 Å². The molecule has 0 bridgehead atoms. The molecular weight excluding hydrogens is 372 g/mol. The molecule has 3 rings (SSSR count). The van der Waals surface area contributed by atoms with Crippen LogP contribution in [0.3, 0.4) is 0 Å². The van der Waals surface area contributed by atoms with Crippen LogP contribution in [0, 0.1) is 5.41 Å². The van der Waals surface area contributed by atoms with Crippen molar-refractivity contribution in [1.29, 1.82) is 5.41 Å². The van der Waals surface area contributed by atoms with Gasteiger partial charge in [0.2, 0.25) is 0 Å². The lowest BCUT2D eigenvalue weighted by atomic mass is 9.96. The Balaban J connectivity index is 2.27. The highest BCUT2D eigenvalue weighted by atomic mass is 32.2. The average Bonchev–Trinajstić information content (AvgIpc) is 2.68. The van der Waals surface area contributed by atoms with Crippen LogP contribution >= 0.6 is 0 Å². The summed E-state index contributed by atoms with van der Waals surface area (Å²) in [6.45, 7) is 0. The van der Waals surface area contributed by atoms with E-state index < -0.39 is 11.4 Å². The van der Waals surface area contributed by atoms with Crippen molar-refractivity contribution in [3.8, 4) is 11.1 Å². The number of allylic oxidation sites excluding steroid dienone is 1. The van der Waals surface area contributed by atoms with Crippen molar-refractivity contribution in [2.45, 2.75) is 0 Å². The highest BCUT2D eigenvalue weighted by molar-refractivity contribution is 7.92. The second-order valence-corrected chi connectivity index (χ2v) is 7.50. The van der Waals surface area contributed by atoms with Crippen molar-refractivity contribution in [3.63, 3.8) is 0 Å². The largest absolute Gasteiger partial charge is 0.593 e. The van der Waals surface area contributed by atoms with Gasteiger partial charge in [0.25, 0.3) is 5.56 Å². The predicted octanol–water partition coefficient (Wildman–Crippen LogP) is 3.12. The third-order valence-corrected chi connectivity index (χ3v) is 4.93. The van der Waals surface area contributed by atoms with Crippen LogP contribution in [0.5, 0.6) is 0 Å². The molecule has 0 fully saturated rings. The van der Waals surface area contributed by atoms with Gasteiger partial charge in [0.05, 0.1) is 17.0 Å². The summed E-state index contributed by atoms with van der Waals surface area (Å²) in [6.07, 6.45) is 6.41. The molecule has 6 nitrogen and oxygen atoms in total. The first-order valence-electron chi connectivity index (χ1n) is 8.66. The zero-order valence-corrected chi connectivity index (χ0v) is 16.8. The van der Waals surface area contributed by atoms with Crippen LogP contribution in [0.4, 0.5) is 5.69 Å². The number of hydrogen-bond donors (Lipinski definition) is 3. The number of nitrogens with one attached hydrogen (secondary N) is 3. The van der Waals surface area contributed by atoms with Crippen molar-refractivity contribution in [3.05, 3.63) is 70.8 Å². The quantitative estimate of drug-likeness (QED) is 0.442. The molecule has 0 aliphatic heterocycles. The maximum atomic E-state index is 12.6. The number of fused-ring (bicyclic) bond motifs is 1. The lowest BCUT2D eigenvalue weighted by Gasteiger charge is -2.13. The second-order valence-electron chi connectivity index (χ2n) is 6.39. The number of nitrogens with zero attached hydrogens (tertiary/aromatic N) is 1. The van der Waals surface area contributed by atoms with E-state index in [1.54, 1.807) is 37.2 Å². The van der Waals surface area contributed by atoms with Crippen LogP contribution in [0.15, 0.2) is 59.7 Å². The third kappa shape index (κ3) is 3.95. The molecule has 0 saturated heterocycles. The minimum absolute atomic E-state index is 0.0803. The van der Waals surface area contributed by atoms with Gasteiger partial charge in [-0.1, -0.05) is 18.2 Å². The Hall–Kier alpha value is -3.03. The molecule has 28 heavy (non-hydrogen) atoms. The molecule has 0 aliphatic carbocycles. The smallest absolute Gasteiger partial charge is 0.258 e. The van der Waals surface area contributed by atoms with Gasteiger partial charge in [0, 0.05) is 49.2 Å². The van der Waals surface area contributed by atoms with Gasteiger partial charge in [-0.25, -0.2) is 4.72 Å². The van der Waals surface area contributed by atoms with Gasteiger partial charge in [-0.05, 0) is 40.8 Å². The topological polar surface area (TPSA) is 93.0 Å². The van der Waals surface area contributed by atoms with Crippen molar-refractivity contribution < 1.29 is 4.55 Å². The first kappa shape index (κ1) is 19.7. The summed E-state index contributed by atoms with van der Waals surface area (Å²) in [5.74, 6) is 0. The molecular formula is C21H22N4O2S. The summed E-state index contributed by atoms with van der Waals surface area (Å²) >= 11 is -1.17. The highest BCUT2D eigenvalue weighted by Crippen LogP contribution is 2.30. The highest BCUT2D eigenvalue weighted by Gasteiger charge is 2.12. The van der Waals surface area contributed by atoms with Crippen LogP contribution in [-0.4, -0.2) is 28.6 Å². The molecule has 0 saturated carbocycles. The minimum atomic E-state index is -1.17. The Labute approximate surface area is 166 Å². The Morgan fingerprint density at radius 1 is 1.21 bits per heavy atom. The molecule has 144 valence electrons. The lowest BCUT2D eigenvalue weighted by molar-refractivity contribution is 0.605.